The molecule has 1 aromatic carbocycles. The quantitative estimate of drug-likeness (QED) is 0.383. The molecule has 0 aliphatic rings. The van der Waals surface area contributed by atoms with Crippen molar-refractivity contribution in [2.75, 3.05) is 18.6 Å². The van der Waals surface area contributed by atoms with Crippen molar-refractivity contribution in [3.63, 3.8) is 0 Å². The first-order valence-electron chi connectivity index (χ1n) is 6.58. The molecule has 0 amide bonds. The molecular weight excluding hydrogens is 425 g/mol. The standard InChI is InChI=1S/C13H9F11N2O2/c1-27-7-5(26)2-4(25)3-6(7)28-9(15)8(14)10(16,17)11(18,19)12(20,21)13(22,23)24/h2-3H,25-26H2,1H3. The van der Waals surface area contributed by atoms with Crippen LogP contribution in [0.3, 0.4) is 0 Å². The van der Waals surface area contributed by atoms with E-state index >= 15 is 0 Å². The van der Waals surface area contributed by atoms with E-state index in [1.165, 1.54) is 0 Å². The van der Waals surface area contributed by atoms with Crippen molar-refractivity contribution in [1.29, 1.82) is 0 Å². The predicted molar refractivity (Wildman–Crippen MR) is 72.6 cm³/mol. The van der Waals surface area contributed by atoms with Gasteiger partial charge in [-0.2, -0.15) is 48.3 Å². The van der Waals surface area contributed by atoms with Crippen LogP contribution >= 0.6 is 0 Å². The van der Waals surface area contributed by atoms with Gasteiger partial charge >= 0.3 is 30.0 Å². The molecular formula is C13H9F11N2O2. The van der Waals surface area contributed by atoms with Crippen LogP contribution in [-0.4, -0.2) is 31.1 Å². The summed E-state index contributed by atoms with van der Waals surface area (Å²) in [5, 5.41) is 0. The molecule has 0 aliphatic heterocycles. The van der Waals surface area contributed by atoms with Crippen molar-refractivity contribution < 1.29 is 57.8 Å². The molecule has 4 N–H and O–H groups in total. The largest absolute Gasteiger partial charge is 0.491 e. The summed E-state index contributed by atoms with van der Waals surface area (Å²) in [4.78, 5) is 0. The highest BCUT2D eigenvalue weighted by Gasteiger charge is 2.83. The van der Waals surface area contributed by atoms with Gasteiger partial charge in [0.1, 0.15) is 0 Å². The molecule has 1 aromatic rings. The summed E-state index contributed by atoms with van der Waals surface area (Å²) in [6.07, 6.45) is -7.21. The number of ether oxygens (including phenoxy) is 2. The summed E-state index contributed by atoms with van der Waals surface area (Å²) in [5.41, 5.74) is 9.82. The molecule has 0 aromatic heterocycles. The third-order valence-electron chi connectivity index (χ3n) is 3.10. The summed E-state index contributed by atoms with van der Waals surface area (Å²) in [7, 11) is 0.874. The molecule has 28 heavy (non-hydrogen) atoms. The van der Waals surface area contributed by atoms with E-state index in [-0.39, 0.29) is 5.69 Å². The van der Waals surface area contributed by atoms with Crippen LogP contribution in [-0.2, 0) is 0 Å². The first kappa shape index (κ1) is 23.4. The number of hydrogen-bond acceptors (Lipinski definition) is 4. The van der Waals surface area contributed by atoms with Gasteiger partial charge in [-0.1, -0.05) is 0 Å². The smallest absolute Gasteiger partial charge is 0.460 e. The lowest BCUT2D eigenvalue weighted by atomic mass is 10.0. The Morgan fingerprint density at radius 3 is 1.79 bits per heavy atom. The molecule has 0 heterocycles. The van der Waals surface area contributed by atoms with Crippen molar-refractivity contribution in [2.24, 2.45) is 0 Å². The van der Waals surface area contributed by atoms with E-state index in [4.69, 9.17) is 11.5 Å². The Morgan fingerprint density at radius 1 is 0.857 bits per heavy atom. The molecule has 0 atom stereocenters. The summed E-state index contributed by atoms with van der Waals surface area (Å²) < 4.78 is 150. The Hall–Kier alpha value is -2.61. The number of hydrogen-bond donors (Lipinski definition) is 2. The lowest BCUT2D eigenvalue weighted by Gasteiger charge is -2.32. The van der Waals surface area contributed by atoms with Gasteiger partial charge in [-0.3, -0.25) is 0 Å². The van der Waals surface area contributed by atoms with Gasteiger partial charge in [0.15, 0.2) is 11.5 Å². The molecule has 1 rings (SSSR count). The number of rotatable bonds is 6. The highest BCUT2D eigenvalue weighted by molar-refractivity contribution is 5.67. The minimum atomic E-state index is -7.42. The van der Waals surface area contributed by atoms with Gasteiger partial charge in [-0.15, -0.1) is 0 Å². The van der Waals surface area contributed by atoms with Crippen molar-refractivity contribution in [3.8, 4) is 11.5 Å². The average Bonchev–Trinajstić information content (AvgIpc) is 2.52. The van der Waals surface area contributed by atoms with E-state index in [2.05, 4.69) is 9.47 Å². The zero-order valence-electron chi connectivity index (χ0n) is 13.3. The minimum Gasteiger partial charge on any atom is -0.491 e. The Balaban J connectivity index is 3.45. The van der Waals surface area contributed by atoms with Crippen LogP contribution in [0.5, 0.6) is 11.5 Å². The fourth-order valence-corrected chi connectivity index (χ4v) is 1.72. The van der Waals surface area contributed by atoms with E-state index in [0.717, 1.165) is 13.2 Å². The van der Waals surface area contributed by atoms with E-state index in [1.54, 1.807) is 0 Å². The second-order valence-electron chi connectivity index (χ2n) is 5.05. The molecule has 0 aliphatic carbocycles. The number of allylic oxidation sites excluding steroid dienone is 1. The Labute approximate surface area is 148 Å². The molecule has 160 valence electrons. The maximum Gasteiger partial charge on any atom is 0.460 e. The van der Waals surface area contributed by atoms with Crippen LogP contribution in [0.2, 0.25) is 0 Å². The van der Waals surface area contributed by atoms with E-state index in [1.807, 2.05) is 0 Å². The summed E-state index contributed by atoms with van der Waals surface area (Å²) in [6, 6.07) is -1.70. The van der Waals surface area contributed by atoms with Crippen LogP contribution in [0.15, 0.2) is 24.0 Å². The van der Waals surface area contributed by atoms with Crippen LogP contribution in [0.1, 0.15) is 0 Å². The van der Waals surface area contributed by atoms with Gasteiger partial charge in [0.05, 0.1) is 12.8 Å². The number of alkyl halides is 9. The molecule has 0 spiro atoms. The normalized spacial score (nSPS) is 14.6. The van der Waals surface area contributed by atoms with Crippen molar-refractivity contribution in [2.45, 2.75) is 23.9 Å². The fraction of sp³-hybridized carbons (Fsp3) is 0.385. The third kappa shape index (κ3) is 3.69. The van der Waals surface area contributed by atoms with Gasteiger partial charge < -0.3 is 20.9 Å². The molecule has 0 bridgehead atoms. The number of anilines is 2. The summed E-state index contributed by atoms with van der Waals surface area (Å²) in [6.45, 7) is 0. The average molecular weight is 434 g/mol. The van der Waals surface area contributed by atoms with E-state index < -0.39 is 53.0 Å². The third-order valence-corrected chi connectivity index (χ3v) is 3.10. The predicted octanol–water partition coefficient (Wildman–Crippen LogP) is 4.81. The lowest BCUT2D eigenvalue weighted by molar-refractivity contribution is -0.392. The highest BCUT2D eigenvalue weighted by atomic mass is 19.4. The van der Waals surface area contributed by atoms with Crippen LogP contribution in [0.4, 0.5) is 59.7 Å². The minimum absolute atomic E-state index is 0.345. The van der Waals surface area contributed by atoms with Crippen molar-refractivity contribution >= 4 is 11.4 Å². The number of halogens is 11. The zero-order valence-corrected chi connectivity index (χ0v) is 13.3. The number of nitrogens with two attached hydrogens (primary N) is 2. The van der Waals surface area contributed by atoms with Crippen molar-refractivity contribution in [3.05, 3.63) is 24.0 Å². The molecule has 0 saturated carbocycles. The molecule has 15 heteroatoms. The first-order valence-corrected chi connectivity index (χ1v) is 6.58. The van der Waals surface area contributed by atoms with Gasteiger partial charge in [-0.05, 0) is 6.07 Å². The maximum absolute atomic E-state index is 13.6. The van der Waals surface area contributed by atoms with E-state index in [0.29, 0.717) is 6.07 Å². The number of benzene rings is 1. The second-order valence-corrected chi connectivity index (χ2v) is 5.05. The van der Waals surface area contributed by atoms with Crippen LogP contribution in [0, 0.1) is 0 Å². The van der Waals surface area contributed by atoms with Crippen LogP contribution in [0.25, 0.3) is 0 Å². The van der Waals surface area contributed by atoms with E-state index in [9.17, 15) is 48.3 Å². The molecule has 0 unspecified atom stereocenters. The molecule has 4 nitrogen and oxygen atoms in total. The van der Waals surface area contributed by atoms with Crippen molar-refractivity contribution in [1.82, 2.24) is 0 Å². The topological polar surface area (TPSA) is 70.5 Å². The lowest BCUT2D eigenvalue weighted by Crippen LogP contribution is -2.61. The van der Waals surface area contributed by atoms with Gasteiger partial charge in [0.25, 0.3) is 0 Å². The summed E-state index contributed by atoms with van der Waals surface area (Å²) in [5.74, 6) is -27.6. The summed E-state index contributed by atoms with van der Waals surface area (Å²) >= 11 is 0. The monoisotopic (exact) mass is 434 g/mol. The van der Waals surface area contributed by atoms with Gasteiger partial charge in [0.2, 0.25) is 5.83 Å². The maximum atomic E-state index is 13.6. The Kier molecular flexibility index (Phi) is 5.93. The SMILES string of the molecule is COc1c(N)cc(N)cc1OC(F)=C(F)C(F)(F)C(F)(F)C(F)(F)C(F)(F)F. The van der Waals surface area contributed by atoms with Gasteiger partial charge in [-0.25, -0.2) is 0 Å². The number of nitrogen functional groups attached to an aromatic ring is 2. The Bertz CT molecular complexity index is 774. The highest BCUT2D eigenvalue weighted by Crippen LogP contribution is 2.56. The molecule has 0 fully saturated rings. The fourth-order valence-electron chi connectivity index (χ4n) is 1.72. The Morgan fingerprint density at radius 2 is 1.36 bits per heavy atom. The van der Waals surface area contributed by atoms with Crippen LogP contribution < -0.4 is 20.9 Å². The number of methoxy groups -OCH3 is 1. The van der Waals surface area contributed by atoms with Gasteiger partial charge in [0, 0.05) is 11.8 Å². The first-order chi connectivity index (χ1) is 12.4. The zero-order chi connectivity index (χ0) is 22.3. The second kappa shape index (κ2) is 7.09. The molecule has 0 saturated heterocycles. The molecule has 0 radical (unpaired) electrons.